The zero-order valence-electron chi connectivity index (χ0n) is 13.9. The second kappa shape index (κ2) is 4.61. The largest absolute Gasteiger partial charge is 0.0625 e. The Morgan fingerprint density at radius 1 is 0.950 bits per heavy atom. The highest BCUT2D eigenvalue weighted by molar-refractivity contribution is 5.47. The number of rotatable bonds is 1. The molecular weight excluding hydrogens is 240 g/mol. The van der Waals surface area contributed by atoms with E-state index in [1.54, 1.807) is 11.1 Å². The van der Waals surface area contributed by atoms with Crippen LogP contribution in [0.3, 0.4) is 0 Å². The minimum Gasteiger partial charge on any atom is -0.0625 e. The van der Waals surface area contributed by atoms with Crippen LogP contribution in [0.15, 0.2) is 18.2 Å². The van der Waals surface area contributed by atoms with Crippen LogP contribution in [0.25, 0.3) is 0 Å². The van der Waals surface area contributed by atoms with Crippen LogP contribution in [0, 0.1) is 18.8 Å². The normalized spacial score (nSPS) is 35.9. The number of benzene rings is 1. The number of aryl methyl sites for hydroxylation is 1. The van der Waals surface area contributed by atoms with E-state index in [0.29, 0.717) is 10.8 Å². The van der Waals surface area contributed by atoms with Crippen molar-refractivity contribution in [3.05, 3.63) is 34.9 Å². The highest BCUT2D eigenvalue weighted by Gasteiger charge is 2.48. The highest BCUT2D eigenvalue weighted by Crippen LogP contribution is 2.56. The third-order valence-corrected chi connectivity index (χ3v) is 6.25. The van der Waals surface area contributed by atoms with Gasteiger partial charge in [-0.05, 0) is 60.0 Å². The first-order valence-corrected chi connectivity index (χ1v) is 8.44. The molecule has 1 aromatic rings. The number of fused-ring (bicyclic) bond motifs is 1. The Kier molecular flexibility index (Phi) is 3.27. The summed E-state index contributed by atoms with van der Waals surface area (Å²) in [6.07, 6.45) is 7.06. The molecule has 1 aromatic carbocycles. The van der Waals surface area contributed by atoms with Gasteiger partial charge < -0.3 is 0 Å². The Morgan fingerprint density at radius 3 is 2.25 bits per heavy atom. The quantitative estimate of drug-likeness (QED) is 0.608. The molecule has 1 unspecified atom stereocenters. The SMILES string of the molecule is Cc1ccc2c(c1)C(C)(C1CCC(C)CC1)CC2(C)C. The van der Waals surface area contributed by atoms with Gasteiger partial charge in [0.05, 0.1) is 0 Å². The molecule has 0 spiro atoms. The van der Waals surface area contributed by atoms with Gasteiger partial charge in [0.25, 0.3) is 0 Å². The summed E-state index contributed by atoms with van der Waals surface area (Å²) in [6.45, 7) is 12.1. The molecule has 1 atom stereocenters. The van der Waals surface area contributed by atoms with E-state index in [1.807, 2.05) is 0 Å². The summed E-state index contributed by atoms with van der Waals surface area (Å²) in [5, 5.41) is 0. The Hall–Kier alpha value is -0.780. The Labute approximate surface area is 125 Å². The molecule has 0 bridgehead atoms. The smallest absolute Gasteiger partial charge is 0.00357 e. The monoisotopic (exact) mass is 270 g/mol. The van der Waals surface area contributed by atoms with Crippen LogP contribution in [-0.4, -0.2) is 0 Å². The molecule has 2 aliphatic carbocycles. The van der Waals surface area contributed by atoms with Gasteiger partial charge >= 0.3 is 0 Å². The second-order valence-electron chi connectivity index (χ2n) is 8.48. The standard InChI is InChI=1S/C20H30/c1-14-6-9-16(10-7-14)20(5)13-19(3,4)17-11-8-15(2)12-18(17)20/h8,11-12,14,16H,6-7,9-10,13H2,1-5H3. The van der Waals surface area contributed by atoms with Gasteiger partial charge in [-0.3, -0.25) is 0 Å². The van der Waals surface area contributed by atoms with Crippen LogP contribution in [0.1, 0.15) is 76.5 Å². The van der Waals surface area contributed by atoms with E-state index < -0.39 is 0 Å². The van der Waals surface area contributed by atoms with Gasteiger partial charge in [0.2, 0.25) is 0 Å². The number of hydrogen-bond acceptors (Lipinski definition) is 0. The lowest BCUT2D eigenvalue weighted by atomic mass is 9.64. The van der Waals surface area contributed by atoms with E-state index in [0.717, 1.165) is 11.8 Å². The molecule has 0 aromatic heterocycles. The molecule has 0 saturated heterocycles. The summed E-state index contributed by atoms with van der Waals surface area (Å²) in [7, 11) is 0. The molecule has 1 fully saturated rings. The van der Waals surface area contributed by atoms with Crippen molar-refractivity contribution in [1.82, 2.24) is 0 Å². The predicted molar refractivity (Wildman–Crippen MR) is 87.3 cm³/mol. The predicted octanol–water partition coefficient (Wildman–Crippen LogP) is 5.76. The van der Waals surface area contributed by atoms with Gasteiger partial charge in [-0.25, -0.2) is 0 Å². The Morgan fingerprint density at radius 2 is 1.60 bits per heavy atom. The molecule has 2 aliphatic rings. The fourth-order valence-electron chi connectivity index (χ4n) is 5.09. The topological polar surface area (TPSA) is 0 Å². The summed E-state index contributed by atoms with van der Waals surface area (Å²) in [6, 6.07) is 7.19. The molecule has 0 N–H and O–H groups in total. The third-order valence-electron chi connectivity index (χ3n) is 6.25. The van der Waals surface area contributed by atoms with Crippen molar-refractivity contribution < 1.29 is 0 Å². The first-order valence-electron chi connectivity index (χ1n) is 8.44. The van der Waals surface area contributed by atoms with E-state index in [-0.39, 0.29) is 0 Å². The molecule has 0 amide bonds. The van der Waals surface area contributed by atoms with Gasteiger partial charge in [-0.2, -0.15) is 0 Å². The van der Waals surface area contributed by atoms with E-state index in [9.17, 15) is 0 Å². The first-order chi connectivity index (χ1) is 9.33. The molecule has 20 heavy (non-hydrogen) atoms. The van der Waals surface area contributed by atoms with Crippen LogP contribution in [0.2, 0.25) is 0 Å². The van der Waals surface area contributed by atoms with Crippen molar-refractivity contribution in [2.45, 2.75) is 77.6 Å². The molecular formula is C20H30. The maximum atomic E-state index is 2.56. The number of hydrogen-bond donors (Lipinski definition) is 0. The minimum atomic E-state index is 0.348. The van der Waals surface area contributed by atoms with Crippen molar-refractivity contribution in [2.75, 3.05) is 0 Å². The maximum absolute atomic E-state index is 2.56. The molecule has 0 heteroatoms. The van der Waals surface area contributed by atoms with E-state index in [2.05, 4.69) is 52.8 Å². The third kappa shape index (κ3) is 2.12. The Bertz CT molecular complexity index is 503. The summed E-state index contributed by atoms with van der Waals surface area (Å²) in [5.74, 6) is 1.84. The molecule has 0 nitrogen and oxygen atoms in total. The van der Waals surface area contributed by atoms with Crippen LogP contribution in [0.5, 0.6) is 0 Å². The summed E-state index contributed by atoms with van der Waals surface area (Å²) >= 11 is 0. The second-order valence-corrected chi connectivity index (χ2v) is 8.48. The van der Waals surface area contributed by atoms with Crippen molar-refractivity contribution in [2.24, 2.45) is 11.8 Å². The van der Waals surface area contributed by atoms with Crippen LogP contribution in [0.4, 0.5) is 0 Å². The van der Waals surface area contributed by atoms with Gasteiger partial charge in [-0.15, -0.1) is 0 Å². The van der Waals surface area contributed by atoms with Crippen molar-refractivity contribution in [3.8, 4) is 0 Å². The van der Waals surface area contributed by atoms with E-state index in [4.69, 9.17) is 0 Å². The van der Waals surface area contributed by atoms with Crippen molar-refractivity contribution in [1.29, 1.82) is 0 Å². The molecule has 1 saturated carbocycles. The van der Waals surface area contributed by atoms with Gasteiger partial charge in [0, 0.05) is 0 Å². The molecule has 0 radical (unpaired) electrons. The van der Waals surface area contributed by atoms with E-state index in [1.165, 1.54) is 37.7 Å². The average molecular weight is 270 g/mol. The Balaban J connectivity index is 2.01. The lowest BCUT2D eigenvalue weighted by molar-refractivity contribution is 0.173. The van der Waals surface area contributed by atoms with Gasteiger partial charge in [0.1, 0.15) is 0 Å². The zero-order chi connectivity index (χ0) is 14.5. The highest BCUT2D eigenvalue weighted by atomic mass is 14.5. The minimum absolute atomic E-state index is 0.348. The fraction of sp³-hybridized carbons (Fsp3) is 0.700. The molecule has 0 aliphatic heterocycles. The van der Waals surface area contributed by atoms with Crippen LogP contribution in [-0.2, 0) is 10.8 Å². The van der Waals surface area contributed by atoms with Crippen LogP contribution < -0.4 is 0 Å². The molecule has 110 valence electrons. The molecule has 3 rings (SSSR count). The van der Waals surface area contributed by atoms with Gasteiger partial charge in [0.15, 0.2) is 0 Å². The fourth-order valence-corrected chi connectivity index (χ4v) is 5.09. The lowest BCUT2D eigenvalue weighted by Crippen LogP contribution is -2.34. The van der Waals surface area contributed by atoms with Gasteiger partial charge in [-0.1, -0.05) is 64.3 Å². The maximum Gasteiger partial charge on any atom is -0.00357 e. The summed E-state index contributed by atoms with van der Waals surface area (Å²) in [4.78, 5) is 0. The zero-order valence-corrected chi connectivity index (χ0v) is 13.9. The first kappa shape index (κ1) is 14.2. The average Bonchev–Trinajstić information content (AvgIpc) is 2.58. The molecule has 0 heterocycles. The van der Waals surface area contributed by atoms with Crippen molar-refractivity contribution in [3.63, 3.8) is 0 Å². The summed E-state index contributed by atoms with van der Waals surface area (Å²) < 4.78 is 0. The van der Waals surface area contributed by atoms with E-state index >= 15 is 0 Å². The van der Waals surface area contributed by atoms with Crippen molar-refractivity contribution >= 4 is 0 Å². The lowest BCUT2D eigenvalue weighted by Gasteiger charge is -2.40. The van der Waals surface area contributed by atoms with Crippen LogP contribution >= 0.6 is 0 Å². The summed E-state index contributed by atoms with van der Waals surface area (Å²) in [5.41, 5.74) is 5.47.